The molecule has 0 aliphatic carbocycles. The monoisotopic (exact) mass is 581 g/mol. The van der Waals surface area contributed by atoms with Gasteiger partial charge in [0.15, 0.2) is 10.8 Å². The summed E-state index contributed by atoms with van der Waals surface area (Å²) < 4.78 is 14.5. The molecule has 208 valence electrons. The highest BCUT2D eigenvalue weighted by Crippen LogP contribution is 2.41. The van der Waals surface area contributed by atoms with Crippen LogP contribution in [0.5, 0.6) is 0 Å². The van der Waals surface area contributed by atoms with Crippen molar-refractivity contribution in [1.29, 1.82) is 0 Å². The Morgan fingerprint density at radius 2 is 1.87 bits per heavy atom. The number of aromatic nitrogens is 1. The van der Waals surface area contributed by atoms with E-state index in [9.17, 15) is 28.8 Å². The number of thiazole rings is 1. The van der Waals surface area contributed by atoms with Crippen LogP contribution in [0.25, 0.3) is 0 Å². The number of β-lactam (4-membered cyclic amide) rings is 1. The van der Waals surface area contributed by atoms with Gasteiger partial charge < -0.3 is 30.1 Å². The number of nitrogen functional groups attached to an aromatic ring is 1. The van der Waals surface area contributed by atoms with Crippen molar-refractivity contribution in [2.24, 2.45) is 5.16 Å². The molecule has 0 radical (unpaired) electrons. The average Bonchev–Trinajstić information content (AvgIpc) is 3.29. The number of fused-ring (bicyclic) bond motifs is 1. The van der Waals surface area contributed by atoms with Crippen LogP contribution in [0.1, 0.15) is 26.5 Å². The van der Waals surface area contributed by atoms with Crippen LogP contribution in [0.3, 0.4) is 0 Å². The number of allylic oxidation sites excluding steroid dienone is 1. The largest absolute Gasteiger partial charge is 0.462 e. The minimum atomic E-state index is -1.08. The fourth-order valence-corrected chi connectivity index (χ4v) is 5.14. The molecule has 1 aromatic rings. The highest BCUT2D eigenvalue weighted by molar-refractivity contribution is 8.00. The molecule has 3 N–H and O–H groups in total. The number of nitrogens with one attached hydrogen (secondary N) is 1. The number of oxime groups is 1. The highest BCUT2D eigenvalue weighted by atomic mass is 32.2. The second kappa shape index (κ2) is 13.0. The van der Waals surface area contributed by atoms with Gasteiger partial charge in [-0.05, 0) is 11.6 Å². The van der Waals surface area contributed by atoms with Crippen LogP contribution in [-0.4, -0.2) is 81.9 Å². The van der Waals surface area contributed by atoms with Gasteiger partial charge in [0.05, 0.1) is 0 Å². The predicted octanol–water partition coefficient (Wildman–Crippen LogP) is -0.170. The summed E-state index contributed by atoms with van der Waals surface area (Å²) in [4.78, 5) is 82.0. The Bertz CT molecular complexity index is 1290. The van der Waals surface area contributed by atoms with Gasteiger partial charge >= 0.3 is 23.9 Å². The lowest BCUT2D eigenvalue weighted by Gasteiger charge is -2.49. The van der Waals surface area contributed by atoms with Gasteiger partial charge in [-0.25, -0.2) is 14.6 Å². The summed E-state index contributed by atoms with van der Waals surface area (Å²) in [5.41, 5.74) is 5.54. The molecule has 0 saturated carbocycles. The van der Waals surface area contributed by atoms with Gasteiger partial charge in [-0.15, -0.1) is 23.1 Å². The topological polar surface area (TPSA) is 206 Å². The molecule has 2 aliphatic heterocycles. The third kappa shape index (κ3) is 7.41. The predicted molar refractivity (Wildman–Crippen MR) is 135 cm³/mol. The summed E-state index contributed by atoms with van der Waals surface area (Å²) in [7, 11) is 0. The number of hydrogen-bond acceptors (Lipinski definition) is 15. The minimum absolute atomic E-state index is 0.0333. The summed E-state index contributed by atoms with van der Waals surface area (Å²) in [5, 5.41) is 6.93. The van der Waals surface area contributed by atoms with Crippen LogP contribution in [0.15, 0.2) is 34.0 Å². The Morgan fingerprint density at radius 3 is 2.49 bits per heavy atom. The highest BCUT2D eigenvalue weighted by Gasteiger charge is 2.54. The first-order valence-corrected chi connectivity index (χ1v) is 13.0. The van der Waals surface area contributed by atoms with E-state index in [0.29, 0.717) is 5.57 Å². The molecule has 3 heterocycles. The molecule has 2 aliphatic rings. The van der Waals surface area contributed by atoms with Gasteiger partial charge in [-0.3, -0.25) is 24.1 Å². The maximum atomic E-state index is 13.1. The number of rotatable bonds is 10. The van der Waals surface area contributed by atoms with Crippen molar-refractivity contribution >= 4 is 69.6 Å². The number of anilines is 1. The summed E-state index contributed by atoms with van der Waals surface area (Å²) >= 11 is 2.27. The van der Waals surface area contributed by atoms with E-state index in [1.54, 1.807) is 0 Å². The van der Waals surface area contributed by atoms with E-state index in [4.69, 9.17) is 15.2 Å². The summed E-state index contributed by atoms with van der Waals surface area (Å²) in [6, 6.07) is -1.08. The zero-order valence-corrected chi connectivity index (χ0v) is 22.5. The fraction of sp³-hybridized carbons (Fsp3) is 0.364. The molecule has 0 unspecified atom stereocenters. The van der Waals surface area contributed by atoms with Crippen LogP contribution in [0.2, 0.25) is 0 Å². The number of ether oxygens (including phenoxy) is 3. The minimum Gasteiger partial charge on any atom is -0.462 e. The van der Waals surface area contributed by atoms with Crippen molar-refractivity contribution < 1.29 is 47.8 Å². The van der Waals surface area contributed by atoms with E-state index >= 15 is 0 Å². The zero-order valence-electron chi connectivity index (χ0n) is 20.8. The lowest BCUT2D eigenvalue weighted by atomic mass is 10.0. The second-order valence-electron chi connectivity index (χ2n) is 7.72. The Balaban J connectivity index is 1.81. The molecule has 17 heteroatoms. The van der Waals surface area contributed by atoms with E-state index in [1.807, 2.05) is 0 Å². The Morgan fingerprint density at radius 1 is 1.15 bits per heavy atom. The summed E-state index contributed by atoms with van der Waals surface area (Å²) in [6.45, 7) is 2.72. The lowest BCUT2D eigenvalue weighted by Crippen LogP contribution is -2.71. The number of amides is 2. The Hall–Kier alpha value is -4.25. The van der Waals surface area contributed by atoms with E-state index in [-0.39, 0.29) is 34.6 Å². The van der Waals surface area contributed by atoms with Crippen LogP contribution in [0.4, 0.5) is 5.13 Å². The number of esters is 3. The lowest BCUT2D eigenvalue weighted by molar-refractivity contribution is -0.166. The molecule has 3 rings (SSSR count). The third-order valence-corrected chi connectivity index (χ3v) is 6.85. The van der Waals surface area contributed by atoms with Gasteiger partial charge in [-0.1, -0.05) is 11.2 Å². The zero-order chi connectivity index (χ0) is 28.7. The molecule has 1 aromatic heterocycles. The van der Waals surface area contributed by atoms with Crippen LogP contribution < -0.4 is 11.1 Å². The van der Waals surface area contributed by atoms with Gasteiger partial charge in [0.1, 0.15) is 29.4 Å². The van der Waals surface area contributed by atoms with Gasteiger partial charge in [0, 0.05) is 31.9 Å². The van der Waals surface area contributed by atoms with E-state index in [2.05, 4.69) is 25.0 Å². The van der Waals surface area contributed by atoms with Crippen molar-refractivity contribution in [2.45, 2.75) is 32.2 Å². The van der Waals surface area contributed by atoms with E-state index < -0.39 is 53.9 Å². The number of nitrogens with zero attached hydrogens (tertiary/aromatic N) is 3. The van der Waals surface area contributed by atoms with Crippen LogP contribution >= 0.6 is 23.1 Å². The SMILES string of the molecule is CC(=O)OC/C=C\C1=C(C(=O)OCOC(C)=O)N2C(=O)[C@@H](NC(=O)/C(=N\OC(C)=O)c3csc(N)n3)[C@H]2SC1. The maximum absolute atomic E-state index is 13.1. The molecule has 1 saturated heterocycles. The molecule has 15 nitrogen and oxygen atoms in total. The molecule has 2 atom stereocenters. The Kier molecular flexibility index (Phi) is 9.78. The number of hydrogen-bond donors (Lipinski definition) is 2. The molecular weight excluding hydrogens is 558 g/mol. The van der Waals surface area contributed by atoms with E-state index in [1.165, 1.54) is 36.2 Å². The quantitative estimate of drug-likeness (QED) is 0.0920. The fourth-order valence-electron chi connectivity index (χ4n) is 3.27. The van der Waals surface area contributed by atoms with Crippen molar-refractivity contribution in [3.05, 3.63) is 34.5 Å². The standard InChI is InChI=1S/C22H23N5O10S2/c1-10(28)34-6-4-5-13-7-38-20-16(19(32)27(20)17(13)21(33)36-9-35-11(2)29)25-18(31)15(26-37-12(3)30)14-8-39-22(23)24-14/h4-5,8,16,20H,6-7,9H2,1-3H3,(H2,23,24)(H,25,31)/b5-4-,26-15-/t16-,20-/m1/s1. The van der Waals surface area contributed by atoms with Crippen molar-refractivity contribution in [3.8, 4) is 0 Å². The van der Waals surface area contributed by atoms with Crippen molar-refractivity contribution in [1.82, 2.24) is 15.2 Å². The molecule has 2 amide bonds. The molecule has 0 aromatic carbocycles. The first kappa shape index (κ1) is 29.3. The first-order chi connectivity index (χ1) is 18.5. The normalized spacial score (nSPS) is 18.7. The summed E-state index contributed by atoms with van der Waals surface area (Å²) in [5.74, 6) is -4.19. The number of carbonyl (C=O) groups is 6. The van der Waals surface area contributed by atoms with Gasteiger partial charge in [0.25, 0.3) is 11.8 Å². The number of carbonyl (C=O) groups excluding carboxylic acids is 6. The molecule has 0 bridgehead atoms. The molecule has 0 spiro atoms. The molecule has 39 heavy (non-hydrogen) atoms. The van der Waals surface area contributed by atoms with Crippen molar-refractivity contribution in [3.63, 3.8) is 0 Å². The van der Waals surface area contributed by atoms with Gasteiger partial charge in [0.2, 0.25) is 6.79 Å². The van der Waals surface area contributed by atoms with Crippen LogP contribution in [0, 0.1) is 0 Å². The van der Waals surface area contributed by atoms with E-state index in [0.717, 1.165) is 30.1 Å². The maximum Gasteiger partial charge on any atom is 0.358 e. The Labute approximate surface area is 229 Å². The average molecular weight is 582 g/mol. The van der Waals surface area contributed by atoms with Gasteiger partial charge in [-0.2, -0.15) is 0 Å². The molecular formula is C22H23N5O10S2. The summed E-state index contributed by atoms with van der Waals surface area (Å²) in [6.07, 6.45) is 2.99. The second-order valence-corrected chi connectivity index (χ2v) is 9.71. The van der Waals surface area contributed by atoms with Crippen molar-refractivity contribution in [2.75, 3.05) is 24.9 Å². The molecule has 1 fully saturated rings. The first-order valence-electron chi connectivity index (χ1n) is 11.1. The third-order valence-electron chi connectivity index (χ3n) is 4.88. The number of thioether (sulfide) groups is 1. The number of nitrogens with two attached hydrogens (primary N) is 1. The smallest absolute Gasteiger partial charge is 0.358 e. The van der Waals surface area contributed by atoms with Crippen LogP contribution in [-0.2, 0) is 47.8 Å².